The van der Waals surface area contributed by atoms with E-state index in [9.17, 15) is 0 Å². The fourth-order valence-corrected chi connectivity index (χ4v) is 6.72. The van der Waals surface area contributed by atoms with Crippen molar-refractivity contribution in [2.45, 2.75) is 88.9 Å². The van der Waals surface area contributed by atoms with E-state index in [1.807, 2.05) is 24.5 Å². The van der Waals surface area contributed by atoms with Crippen LogP contribution in [0.2, 0.25) is 0 Å². The molecule has 1 unspecified atom stereocenters. The van der Waals surface area contributed by atoms with Crippen LogP contribution < -0.4 is 5.32 Å². The molecule has 210 valence electrons. The van der Waals surface area contributed by atoms with E-state index >= 15 is 0 Å². The molecule has 0 radical (unpaired) electrons. The molecule has 0 spiro atoms. The lowest BCUT2D eigenvalue weighted by Gasteiger charge is -2.38. The summed E-state index contributed by atoms with van der Waals surface area (Å²) in [5.74, 6) is 4.71. The Balaban J connectivity index is 1.23. The largest absolute Gasteiger partial charge is 0.317 e. The van der Waals surface area contributed by atoms with Gasteiger partial charge in [0.15, 0.2) is 11.6 Å². The van der Waals surface area contributed by atoms with Crippen LogP contribution in [0.15, 0.2) is 48.8 Å². The monoisotopic (exact) mass is 538 g/mol. The zero-order chi connectivity index (χ0) is 27.6. The fraction of sp³-hybridized carbons (Fsp3) is 0.531. The zero-order valence-corrected chi connectivity index (χ0v) is 24.1. The number of piperidine rings is 1. The van der Waals surface area contributed by atoms with Gasteiger partial charge < -0.3 is 5.32 Å². The number of hydrogen-bond donors (Lipinski definition) is 3. The summed E-state index contributed by atoms with van der Waals surface area (Å²) in [6, 6.07) is 12.8. The van der Waals surface area contributed by atoms with Crippen molar-refractivity contribution in [2.24, 2.45) is 5.92 Å². The van der Waals surface area contributed by atoms with Crippen molar-refractivity contribution in [2.75, 3.05) is 13.1 Å². The van der Waals surface area contributed by atoms with Crippen LogP contribution in [-0.4, -0.2) is 48.4 Å². The van der Waals surface area contributed by atoms with E-state index in [0.717, 1.165) is 66.8 Å². The maximum absolute atomic E-state index is 5.18. The topological polar surface area (TPSA) is 108 Å². The molecular formula is C32H42N8. The number of nitrogens with one attached hydrogen (secondary N) is 3. The second-order valence-corrected chi connectivity index (χ2v) is 12.6. The molecular weight excluding hydrogens is 496 g/mol. The first-order chi connectivity index (χ1) is 19.4. The highest BCUT2D eigenvalue weighted by molar-refractivity contribution is 5.55. The van der Waals surface area contributed by atoms with Crippen molar-refractivity contribution < 1.29 is 0 Å². The van der Waals surface area contributed by atoms with E-state index in [2.05, 4.69) is 70.6 Å². The highest BCUT2D eigenvalue weighted by atomic mass is 15.2. The van der Waals surface area contributed by atoms with E-state index in [-0.39, 0.29) is 10.8 Å². The van der Waals surface area contributed by atoms with Crippen LogP contribution in [-0.2, 0) is 17.3 Å². The van der Waals surface area contributed by atoms with Gasteiger partial charge >= 0.3 is 0 Å². The summed E-state index contributed by atoms with van der Waals surface area (Å²) in [7, 11) is 0. The molecule has 40 heavy (non-hydrogen) atoms. The van der Waals surface area contributed by atoms with Crippen LogP contribution in [0.25, 0.3) is 11.4 Å². The first-order valence-electron chi connectivity index (χ1n) is 15.0. The van der Waals surface area contributed by atoms with Gasteiger partial charge in [-0.2, -0.15) is 10.2 Å². The second-order valence-electron chi connectivity index (χ2n) is 12.6. The van der Waals surface area contributed by atoms with Gasteiger partial charge in [0, 0.05) is 34.7 Å². The lowest BCUT2D eigenvalue weighted by Crippen LogP contribution is -2.42. The van der Waals surface area contributed by atoms with Crippen molar-refractivity contribution in [3.8, 4) is 11.4 Å². The van der Waals surface area contributed by atoms with E-state index in [0.29, 0.717) is 11.8 Å². The molecule has 1 aliphatic heterocycles. The number of nitrogens with zero attached hydrogens (tertiary/aromatic N) is 5. The van der Waals surface area contributed by atoms with Crippen LogP contribution in [0, 0.1) is 5.92 Å². The number of H-pyrrole nitrogens is 2. The highest BCUT2D eigenvalue weighted by Gasteiger charge is 2.40. The van der Waals surface area contributed by atoms with Gasteiger partial charge in [0.05, 0.1) is 0 Å². The number of aromatic nitrogens is 7. The number of rotatable bonds is 8. The Morgan fingerprint density at radius 3 is 2.25 bits per heavy atom. The first kappa shape index (κ1) is 26.8. The number of hydrogen-bond acceptors (Lipinski definition) is 6. The van der Waals surface area contributed by atoms with Crippen LogP contribution >= 0.6 is 0 Å². The minimum atomic E-state index is -0.294. The van der Waals surface area contributed by atoms with Crippen LogP contribution in [0.3, 0.4) is 0 Å². The lowest BCUT2D eigenvalue weighted by molar-refractivity contribution is 0.216. The minimum absolute atomic E-state index is 0.126. The van der Waals surface area contributed by atoms with Crippen LogP contribution in [0.5, 0.6) is 0 Å². The molecule has 3 aromatic heterocycles. The fourth-order valence-electron chi connectivity index (χ4n) is 6.72. The van der Waals surface area contributed by atoms with E-state index in [1.54, 1.807) is 0 Å². The number of aromatic amines is 2. The Morgan fingerprint density at radius 2 is 1.52 bits per heavy atom. The summed E-state index contributed by atoms with van der Waals surface area (Å²) < 4.78 is 0. The van der Waals surface area contributed by atoms with Crippen molar-refractivity contribution in [3.05, 3.63) is 77.4 Å². The number of benzene rings is 1. The molecule has 1 saturated heterocycles. The predicted molar refractivity (Wildman–Crippen MR) is 157 cm³/mol. The van der Waals surface area contributed by atoms with Crippen LogP contribution in [0.4, 0.5) is 0 Å². The van der Waals surface area contributed by atoms with E-state index < -0.39 is 0 Å². The molecule has 4 aromatic rings. The molecule has 8 nitrogen and oxygen atoms in total. The summed E-state index contributed by atoms with van der Waals surface area (Å²) >= 11 is 0. The molecule has 2 aliphatic rings. The maximum Gasteiger partial charge on any atom is 0.181 e. The molecule has 1 aliphatic carbocycles. The van der Waals surface area contributed by atoms with Gasteiger partial charge in [-0.05, 0) is 88.2 Å². The zero-order valence-electron chi connectivity index (χ0n) is 24.1. The molecule has 0 bridgehead atoms. The average molecular weight is 539 g/mol. The van der Waals surface area contributed by atoms with Crippen molar-refractivity contribution >= 4 is 0 Å². The Hall–Kier alpha value is -3.39. The standard InChI is InChI=1S/C32H42N8/c1-31(2,25-13-17-33-18-14-25)29-35-28(37-39-29)24-11-9-22(10-12-24)21-32(3,26-15-19-34-20-16-26)30-36-27(38-40-30)23-7-5-4-6-8-23/h9-14,17-18,23,26,34H,4-8,15-16,19-21H2,1-3H3,(H,35,37,39)(H,36,38,40). The normalized spacial score (nSPS) is 19.0. The average Bonchev–Trinajstić information content (AvgIpc) is 3.71. The van der Waals surface area contributed by atoms with Crippen molar-refractivity contribution in [1.82, 2.24) is 40.7 Å². The molecule has 8 heteroatoms. The lowest BCUT2D eigenvalue weighted by atomic mass is 9.68. The van der Waals surface area contributed by atoms with Gasteiger partial charge in [-0.25, -0.2) is 9.97 Å². The van der Waals surface area contributed by atoms with Gasteiger partial charge in [-0.1, -0.05) is 50.5 Å². The molecule has 1 aromatic carbocycles. The van der Waals surface area contributed by atoms with E-state index in [1.165, 1.54) is 37.7 Å². The minimum Gasteiger partial charge on any atom is -0.317 e. The van der Waals surface area contributed by atoms with Gasteiger partial charge in [-0.3, -0.25) is 15.2 Å². The first-order valence-corrected chi connectivity index (χ1v) is 15.0. The molecule has 4 heterocycles. The summed E-state index contributed by atoms with van der Waals surface area (Å²) in [5.41, 5.74) is 3.04. The molecule has 1 atom stereocenters. The van der Waals surface area contributed by atoms with Gasteiger partial charge in [0.2, 0.25) is 0 Å². The Bertz CT molecular complexity index is 1380. The van der Waals surface area contributed by atoms with Crippen molar-refractivity contribution in [3.63, 3.8) is 0 Å². The quantitative estimate of drug-likeness (QED) is 0.259. The summed E-state index contributed by atoms with van der Waals surface area (Å²) in [6.45, 7) is 8.80. The Morgan fingerprint density at radius 1 is 0.800 bits per heavy atom. The molecule has 2 fully saturated rings. The Labute approximate surface area is 237 Å². The molecule has 6 rings (SSSR count). The van der Waals surface area contributed by atoms with Gasteiger partial charge in [0.25, 0.3) is 0 Å². The third-order valence-corrected chi connectivity index (χ3v) is 9.51. The third-order valence-electron chi connectivity index (χ3n) is 9.51. The number of pyridine rings is 1. The predicted octanol–water partition coefficient (Wildman–Crippen LogP) is 5.86. The third kappa shape index (κ3) is 5.33. The SMILES string of the molecule is CC(C)(c1ccncc1)c1nc(-c2ccc(CC(C)(c3n[nH]c(C4CCCCC4)n3)C3CCNCC3)cc2)n[nH]1. The second kappa shape index (κ2) is 11.2. The smallest absolute Gasteiger partial charge is 0.181 e. The van der Waals surface area contributed by atoms with Crippen LogP contribution in [0.1, 0.15) is 100 Å². The summed E-state index contributed by atoms with van der Waals surface area (Å²) in [5, 5.41) is 19.5. The molecule has 0 amide bonds. The highest BCUT2D eigenvalue weighted by Crippen LogP contribution is 2.40. The molecule has 3 N–H and O–H groups in total. The molecule has 1 saturated carbocycles. The Kier molecular flexibility index (Phi) is 7.53. The summed E-state index contributed by atoms with van der Waals surface area (Å²) in [6.07, 6.45) is 13.2. The van der Waals surface area contributed by atoms with Gasteiger partial charge in [0.1, 0.15) is 11.6 Å². The van der Waals surface area contributed by atoms with E-state index in [4.69, 9.17) is 15.1 Å². The van der Waals surface area contributed by atoms with Crippen molar-refractivity contribution in [1.29, 1.82) is 0 Å². The maximum atomic E-state index is 5.18. The van der Waals surface area contributed by atoms with Gasteiger partial charge in [-0.15, -0.1) is 0 Å². The summed E-state index contributed by atoms with van der Waals surface area (Å²) in [4.78, 5) is 14.2.